The summed E-state index contributed by atoms with van der Waals surface area (Å²) in [4.78, 5) is 0. The van der Waals surface area contributed by atoms with Crippen LogP contribution < -0.4 is 0 Å². The van der Waals surface area contributed by atoms with Crippen LogP contribution >= 0.6 is 0 Å². The molecule has 4 heteroatoms. The number of benzene rings is 1. The molecule has 0 N–H and O–H groups in total. The van der Waals surface area contributed by atoms with Crippen LogP contribution in [0.3, 0.4) is 0 Å². The minimum Gasteiger partial charge on any atom is -0.467 e. The third-order valence-electron chi connectivity index (χ3n) is 4.79. The van der Waals surface area contributed by atoms with Gasteiger partial charge in [-0.2, -0.15) is 5.10 Å². The zero-order valence-corrected chi connectivity index (χ0v) is 13.7. The summed E-state index contributed by atoms with van der Waals surface area (Å²) in [5, 5.41) is 4.70. The number of nitrogens with zero attached hydrogens (tertiary/aromatic N) is 2. The molecule has 3 heterocycles. The Bertz CT molecular complexity index is 740. The van der Waals surface area contributed by atoms with Crippen LogP contribution in [0, 0.1) is 13.8 Å². The molecule has 2 saturated heterocycles. The molecule has 4 rings (SSSR count). The Labute approximate surface area is 136 Å². The van der Waals surface area contributed by atoms with Gasteiger partial charge in [-0.25, -0.2) is 4.68 Å². The van der Waals surface area contributed by atoms with Crippen molar-refractivity contribution in [2.75, 3.05) is 6.61 Å². The van der Waals surface area contributed by atoms with Crippen LogP contribution in [0.5, 0.6) is 0 Å². The zero-order valence-electron chi connectivity index (χ0n) is 13.7. The number of aryl methyl sites for hydroxylation is 1. The van der Waals surface area contributed by atoms with E-state index in [2.05, 4.69) is 32.1 Å². The maximum Gasteiger partial charge on any atom is 0.210 e. The monoisotopic (exact) mass is 310 g/mol. The predicted octanol–water partition coefficient (Wildman–Crippen LogP) is 4.15. The van der Waals surface area contributed by atoms with Crippen molar-refractivity contribution in [1.29, 1.82) is 0 Å². The van der Waals surface area contributed by atoms with Gasteiger partial charge in [0, 0.05) is 30.5 Å². The van der Waals surface area contributed by atoms with Crippen LogP contribution in [0.15, 0.2) is 36.1 Å². The molecule has 0 radical (unpaired) electrons. The summed E-state index contributed by atoms with van der Waals surface area (Å²) in [5.74, 6) is 0.675. The van der Waals surface area contributed by atoms with Crippen LogP contribution in [0.25, 0.3) is 11.8 Å². The van der Waals surface area contributed by atoms with Gasteiger partial charge in [0.25, 0.3) is 0 Å². The van der Waals surface area contributed by atoms with Gasteiger partial charge in [-0.05, 0) is 38.5 Å². The maximum atomic E-state index is 6.14. The van der Waals surface area contributed by atoms with Gasteiger partial charge in [0.15, 0.2) is 0 Å². The normalized spacial score (nSPS) is 25.4. The fraction of sp³-hybridized carbons (Fsp3) is 0.421. The molecule has 0 amide bonds. The first-order valence-electron chi connectivity index (χ1n) is 8.32. The molecule has 4 nitrogen and oxygen atoms in total. The van der Waals surface area contributed by atoms with Crippen LogP contribution in [0.2, 0.25) is 0 Å². The van der Waals surface area contributed by atoms with Crippen molar-refractivity contribution < 1.29 is 9.47 Å². The SMILES string of the molecule is Cc1nn(-c2ccccc2)c(C)c1/C=C1/CCC2(CCCO2)O1. The Kier molecular flexibility index (Phi) is 3.49. The van der Waals surface area contributed by atoms with Gasteiger partial charge >= 0.3 is 0 Å². The van der Waals surface area contributed by atoms with Crippen molar-refractivity contribution in [3.8, 4) is 5.69 Å². The van der Waals surface area contributed by atoms with E-state index in [-0.39, 0.29) is 5.79 Å². The third-order valence-corrected chi connectivity index (χ3v) is 4.79. The Morgan fingerprint density at radius 1 is 1.17 bits per heavy atom. The third kappa shape index (κ3) is 2.57. The van der Waals surface area contributed by atoms with E-state index in [0.717, 1.165) is 60.7 Å². The Morgan fingerprint density at radius 3 is 2.74 bits per heavy atom. The highest BCUT2D eigenvalue weighted by molar-refractivity contribution is 5.58. The van der Waals surface area contributed by atoms with Crippen molar-refractivity contribution in [2.24, 2.45) is 0 Å². The largest absolute Gasteiger partial charge is 0.467 e. The van der Waals surface area contributed by atoms with E-state index >= 15 is 0 Å². The van der Waals surface area contributed by atoms with E-state index in [4.69, 9.17) is 14.6 Å². The first-order valence-corrected chi connectivity index (χ1v) is 8.32. The number of ether oxygens (including phenoxy) is 2. The fourth-order valence-electron chi connectivity index (χ4n) is 3.55. The van der Waals surface area contributed by atoms with E-state index in [9.17, 15) is 0 Å². The highest BCUT2D eigenvalue weighted by atomic mass is 16.7. The smallest absolute Gasteiger partial charge is 0.210 e. The molecule has 1 aromatic heterocycles. The highest BCUT2D eigenvalue weighted by Gasteiger charge is 2.42. The number of aromatic nitrogens is 2. The van der Waals surface area contributed by atoms with Gasteiger partial charge in [0.2, 0.25) is 5.79 Å². The van der Waals surface area contributed by atoms with Gasteiger partial charge < -0.3 is 9.47 Å². The molecule has 1 atom stereocenters. The van der Waals surface area contributed by atoms with E-state index in [0.29, 0.717) is 0 Å². The second kappa shape index (κ2) is 5.53. The Morgan fingerprint density at radius 2 is 2.00 bits per heavy atom. The molecule has 2 aliphatic rings. The fourth-order valence-corrected chi connectivity index (χ4v) is 3.55. The van der Waals surface area contributed by atoms with Crippen LogP contribution in [0.1, 0.15) is 42.6 Å². The summed E-state index contributed by atoms with van der Waals surface area (Å²) in [5.41, 5.74) is 4.40. The van der Waals surface area contributed by atoms with Gasteiger partial charge in [-0.3, -0.25) is 0 Å². The minimum absolute atomic E-state index is 0.344. The molecule has 23 heavy (non-hydrogen) atoms. The van der Waals surface area contributed by atoms with Gasteiger partial charge in [-0.15, -0.1) is 0 Å². The van der Waals surface area contributed by atoms with Crippen molar-refractivity contribution in [1.82, 2.24) is 9.78 Å². The van der Waals surface area contributed by atoms with Crippen molar-refractivity contribution in [2.45, 2.75) is 45.3 Å². The first kappa shape index (κ1) is 14.5. The molecule has 2 aliphatic heterocycles. The topological polar surface area (TPSA) is 36.3 Å². The van der Waals surface area contributed by atoms with Crippen molar-refractivity contribution in [3.05, 3.63) is 53.0 Å². The first-order chi connectivity index (χ1) is 11.2. The van der Waals surface area contributed by atoms with Crippen molar-refractivity contribution >= 4 is 6.08 Å². The minimum atomic E-state index is -0.344. The van der Waals surface area contributed by atoms with Crippen LogP contribution in [0.4, 0.5) is 0 Å². The second-order valence-electron chi connectivity index (χ2n) is 6.41. The lowest BCUT2D eigenvalue weighted by Gasteiger charge is -2.21. The second-order valence-corrected chi connectivity index (χ2v) is 6.41. The maximum absolute atomic E-state index is 6.14. The molecule has 0 saturated carbocycles. The molecule has 0 aliphatic carbocycles. The molecular formula is C19H22N2O2. The van der Waals surface area contributed by atoms with Gasteiger partial charge in [-0.1, -0.05) is 18.2 Å². The summed E-state index contributed by atoms with van der Waals surface area (Å²) in [6, 6.07) is 10.2. The van der Waals surface area contributed by atoms with E-state index in [1.165, 1.54) is 0 Å². The molecule has 2 fully saturated rings. The molecule has 120 valence electrons. The van der Waals surface area contributed by atoms with Crippen LogP contribution in [-0.4, -0.2) is 22.2 Å². The van der Waals surface area contributed by atoms with Gasteiger partial charge in [0.05, 0.1) is 18.0 Å². The quantitative estimate of drug-likeness (QED) is 0.836. The number of para-hydroxylation sites is 1. The number of hydrogen-bond acceptors (Lipinski definition) is 3. The lowest BCUT2D eigenvalue weighted by molar-refractivity contribution is -0.161. The number of allylic oxidation sites excluding steroid dienone is 1. The number of rotatable bonds is 2. The van der Waals surface area contributed by atoms with E-state index in [1.54, 1.807) is 0 Å². The standard InChI is InChI=1S/C19H22N2O2/c1-14-18(13-17-9-11-19(23-17)10-6-12-22-19)15(2)21(20-14)16-7-4-3-5-8-16/h3-5,7-8,13H,6,9-12H2,1-2H3/b17-13-. The number of hydrogen-bond donors (Lipinski definition) is 0. The predicted molar refractivity (Wildman–Crippen MR) is 89.3 cm³/mol. The summed E-state index contributed by atoms with van der Waals surface area (Å²) >= 11 is 0. The zero-order chi connectivity index (χ0) is 15.9. The molecular weight excluding hydrogens is 288 g/mol. The van der Waals surface area contributed by atoms with Gasteiger partial charge in [0.1, 0.15) is 5.76 Å². The average Bonchev–Trinajstić information content (AvgIpc) is 3.26. The van der Waals surface area contributed by atoms with Crippen molar-refractivity contribution in [3.63, 3.8) is 0 Å². The molecule has 1 aromatic carbocycles. The molecule has 0 bridgehead atoms. The molecule has 2 aromatic rings. The highest BCUT2D eigenvalue weighted by Crippen LogP contribution is 2.41. The lowest BCUT2D eigenvalue weighted by atomic mass is 10.1. The summed E-state index contributed by atoms with van der Waals surface area (Å²) in [7, 11) is 0. The summed E-state index contributed by atoms with van der Waals surface area (Å²) < 4.78 is 14.0. The summed E-state index contributed by atoms with van der Waals surface area (Å²) in [6.07, 6.45) is 6.15. The lowest BCUT2D eigenvalue weighted by Crippen LogP contribution is -2.25. The average molecular weight is 310 g/mol. The van der Waals surface area contributed by atoms with E-state index in [1.807, 2.05) is 22.9 Å². The van der Waals surface area contributed by atoms with Crippen LogP contribution in [-0.2, 0) is 9.47 Å². The molecule has 1 spiro atoms. The Hall–Kier alpha value is -2.07. The van der Waals surface area contributed by atoms with E-state index < -0.39 is 0 Å². The summed E-state index contributed by atoms with van der Waals surface area (Å²) in [6.45, 7) is 4.98. The molecule has 1 unspecified atom stereocenters. The Balaban J connectivity index is 1.65.